The number of aromatic nitrogens is 2. The summed E-state index contributed by atoms with van der Waals surface area (Å²) < 4.78 is 5.20. The number of carbonyl (C=O) groups is 2. The molecule has 0 saturated carbocycles. The summed E-state index contributed by atoms with van der Waals surface area (Å²) in [4.78, 5) is 27.7. The van der Waals surface area contributed by atoms with E-state index in [-0.39, 0.29) is 17.7 Å². The van der Waals surface area contributed by atoms with Crippen LogP contribution in [0.3, 0.4) is 0 Å². The number of carbonyl (C=O) groups excluding carboxylic acids is 2. The lowest BCUT2D eigenvalue weighted by Crippen LogP contribution is -2.24. The number of anilines is 2. The van der Waals surface area contributed by atoms with E-state index in [1.54, 1.807) is 12.0 Å². The maximum Gasteiger partial charge on any atom is 0.258 e. The van der Waals surface area contributed by atoms with Gasteiger partial charge in [0.05, 0.1) is 7.11 Å². The first-order valence-corrected chi connectivity index (χ1v) is 12.3. The second-order valence-corrected chi connectivity index (χ2v) is 9.35. The summed E-state index contributed by atoms with van der Waals surface area (Å²) in [5.41, 5.74) is 3.08. The topological polar surface area (TPSA) is 84.4 Å². The van der Waals surface area contributed by atoms with Crippen LogP contribution in [0, 0.1) is 0 Å². The SMILES string of the molecule is COc1ccc(N2CC(c3nnc(NC(=O)/C(=C/c4ccccc4)c4ccccc4)s3)CC2=O)cc1. The summed E-state index contributed by atoms with van der Waals surface area (Å²) in [5.74, 6) is 0.414. The Bertz CT molecular complexity index is 1390. The molecule has 1 unspecified atom stereocenters. The lowest BCUT2D eigenvalue weighted by Gasteiger charge is -2.16. The monoisotopic (exact) mass is 496 g/mol. The van der Waals surface area contributed by atoms with E-state index in [1.807, 2.05) is 91.0 Å². The maximum atomic E-state index is 13.3. The van der Waals surface area contributed by atoms with Crippen molar-refractivity contribution in [1.82, 2.24) is 10.2 Å². The van der Waals surface area contributed by atoms with Gasteiger partial charge in [-0.25, -0.2) is 0 Å². The first-order chi connectivity index (χ1) is 17.6. The molecule has 0 aliphatic carbocycles. The van der Waals surface area contributed by atoms with Gasteiger partial charge in [-0.05, 0) is 41.5 Å². The van der Waals surface area contributed by atoms with E-state index in [4.69, 9.17) is 4.74 Å². The highest BCUT2D eigenvalue weighted by Gasteiger charge is 2.34. The van der Waals surface area contributed by atoms with Crippen molar-refractivity contribution in [2.75, 3.05) is 23.9 Å². The number of amides is 2. The normalized spacial score (nSPS) is 15.7. The van der Waals surface area contributed by atoms with Gasteiger partial charge in [0.2, 0.25) is 11.0 Å². The highest BCUT2D eigenvalue weighted by atomic mass is 32.1. The van der Waals surface area contributed by atoms with Crippen molar-refractivity contribution in [2.45, 2.75) is 12.3 Å². The molecule has 3 aromatic carbocycles. The molecule has 5 rings (SSSR count). The fourth-order valence-electron chi connectivity index (χ4n) is 4.11. The van der Waals surface area contributed by atoms with Gasteiger partial charge >= 0.3 is 0 Å². The number of ether oxygens (including phenoxy) is 1. The number of nitrogens with zero attached hydrogens (tertiary/aromatic N) is 3. The summed E-state index contributed by atoms with van der Waals surface area (Å²) in [7, 11) is 1.61. The number of hydrogen-bond donors (Lipinski definition) is 1. The molecular formula is C28H24N4O3S. The number of rotatable bonds is 7. The molecule has 0 radical (unpaired) electrons. The fraction of sp³-hybridized carbons (Fsp3) is 0.143. The van der Waals surface area contributed by atoms with Crippen molar-refractivity contribution in [1.29, 1.82) is 0 Å². The molecule has 1 saturated heterocycles. The minimum atomic E-state index is -0.268. The van der Waals surface area contributed by atoms with Gasteiger partial charge in [-0.1, -0.05) is 72.0 Å². The molecule has 0 bridgehead atoms. The largest absolute Gasteiger partial charge is 0.497 e. The number of benzene rings is 3. The van der Waals surface area contributed by atoms with Crippen LogP contribution >= 0.6 is 11.3 Å². The van der Waals surface area contributed by atoms with Crippen LogP contribution in [-0.2, 0) is 9.59 Å². The molecule has 2 heterocycles. The van der Waals surface area contributed by atoms with E-state index < -0.39 is 0 Å². The lowest BCUT2D eigenvalue weighted by molar-refractivity contribution is -0.117. The van der Waals surface area contributed by atoms with Gasteiger partial charge in [-0.2, -0.15) is 0 Å². The van der Waals surface area contributed by atoms with Crippen LogP contribution in [0.5, 0.6) is 5.75 Å². The van der Waals surface area contributed by atoms with Crippen LogP contribution in [0.15, 0.2) is 84.9 Å². The third kappa shape index (κ3) is 5.18. The second kappa shape index (κ2) is 10.5. The number of hydrogen-bond acceptors (Lipinski definition) is 6. The van der Waals surface area contributed by atoms with Crippen molar-refractivity contribution in [3.05, 3.63) is 101 Å². The fourth-order valence-corrected chi connectivity index (χ4v) is 4.94. The van der Waals surface area contributed by atoms with Gasteiger partial charge in [0, 0.05) is 30.1 Å². The van der Waals surface area contributed by atoms with E-state index in [1.165, 1.54) is 11.3 Å². The van der Waals surface area contributed by atoms with Crippen molar-refractivity contribution in [3.8, 4) is 5.75 Å². The predicted octanol–water partition coefficient (Wildman–Crippen LogP) is 5.25. The van der Waals surface area contributed by atoms with E-state index >= 15 is 0 Å². The lowest BCUT2D eigenvalue weighted by atomic mass is 10.0. The van der Waals surface area contributed by atoms with Crippen molar-refractivity contribution >= 4 is 45.6 Å². The van der Waals surface area contributed by atoms with Gasteiger partial charge < -0.3 is 9.64 Å². The van der Waals surface area contributed by atoms with Crippen LogP contribution in [0.25, 0.3) is 11.6 Å². The van der Waals surface area contributed by atoms with Gasteiger partial charge in [-0.15, -0.1) is 10.2 Å². The van der Waals surface area contributed by atoms with Crippen LogP contribution in [0.4, 0.5) is 10.8 Å². The minimum Gasteiger partial charge on any atom is -0.497 e. The van der Waals surface area contributed by atoms with Gasteiger partial charge in [0.25, 0.3) is 5.91 Å². The van der Waals surface area contributed by atoms with E-state index in [2.05, 4.69) is 15.5 Å². The van der Waals surface area contributed by atoms with Crippen LogP contribution in [0.2, 0.25) is 0 Å². The van der Waals surface area contributed by atoms with Gasteiger partial charge in [-0.3, -0.25) is 14.9 Å². The summed E-state index contributed by atoms with van der Waals surface area (Å²) in [5, 5.41) is 12.5. The molecule has 1 atom stereocenters. The second-order valence-electron chi connectivity index (χ2n) is 8.34. The summed E-state index contributed by atoms with van der Waals surface area (Å²) in [6.07, 6.45) is 2.20. The molecule has 0 spiro atoms. The first-order valence-electron chi connectivity index (χ1n) is 11.5. The third-order valence-corrected chi connectivity index (χ3v) is 6.96. The smallest absolute Gasteiger partial charge is 0.258 e. The molecule has 1 aliphatic rings. The van der Waals surface area contributed by atoms with Gasteiger partial charge in [0.15, 0.2) is 0 Å². The number of nitrogens with one attached hydrogen (secondary N) is 1. The molecule has 1 fully saturated rings. The Morgan fingerprint density at radius 2 is 1.69 bits per heavy atom. The quantitative estimate of drug-likeness (QED) is 0.279. The average molecular weight is 497 g/mol. The number of methoxy groups -OCH3 is 1. The summed E-state index contributed by atoms with van der Waals surface area (Å²) >= 11 is 1.30. The van der Waals surface area contributed by atoms with Crippen molar-refractivity contribution < 1.29 is 14.3 Å². The Morgan fingerprint density at radius 3 is 2.39 bits per heavy atom. The van der Waals surface area contributed by atoms with Crippen LogP contribution < -0.4 is 15.0 Å². The van der Waals surface area contributed by atoms with Crippen molar-refractivity contribution in [2.24, 2.45) is 0 Å². The Kier molecular flexibility index (Phi) is 6.86. The molecule has 36 heavy (non-hydrogen) atoms. The molecular weight excluding hydrogens is 472 g/mol. The van der Waals surface area contributed by atoms with E-state index in [9.17, 15) is 9.59 Å². The molecule has 1 aromatic heterocycles. The Morgan fingerprint density at radius 1 is 1.00 bits per heavy atom. The average Bonchev–Trinajstić information content (AvgIpc) is 3.55. The molecule has 180 valence electrons. The molecule has 1 N–H and O–H groups in total. The highest BCUT2D eigenvalue weighted by molar-refractivity contribution is 7.15. The standard InChI is InChI=1S/C28H24N4O3S/c1-35-23-14-12-22(13-15-23)32-18-21(17-25(32)33)27-30-31-28(36-27)29-26(34)24(20-10-6-3-7-11-20)16-19-8-4-2-5-9-19/h2-16,21H,17-18H2,1H3,(H,29,31,34)/b24-16+. The zero-order valence-corrected chi connectivity index (χ0v) is 20.4. The molecule has 4 aromatic rings. The third-order valence-electron chi connectivity index (χ3n) is 5.96. The minimum absolute atomic E-state index is 0.0307. The first kappa shape index (κ1) is 23.4. The Hall–Kier alpha value is -4.30. The zero-order valence-electron chi connectivity index (χ0n) is 19.6. The van der Waals surface area contributed by atoms with Crippen molar-refractivity contribution in [3.63, 3.8) is 0 Å². The van der Waals surface area contributed by atoms with E-state index in [0.717, 1.165) is 27.6 Å². The predicted molar refractivity (Wildman–Crippen MR) is 142 cm³/mol. The summed E-state index contributed by atoms with van der Waals surface area (Å²) in [6, 6.07) is 26.6. The highest BCUT2D eigenvalue weighted by Crippen LogP contribution is 2.35. The summed E-state index contributed by atoms with van der Waals surface area (Å²) in [6.45, 7) is 0.511. The Labute approximate surface area is 213 Å². The Balaban J connectivity index is 1.32. The maximum absolute atomic E-state index is 13.3. The van der Waals surface area contributed by atoms with Crippen LogP contribution in [0.1, 0.15) is 28.5 Å². The zero-order chi connectivity index (χ0) is 24.9. The molecule has 1 aliphatic heterocycles. The van der Waals surface area contributed by atoms with E-state index in [0.29, 0.717) is 23.7 Å². The van der Waals surface area contributed by atoms with Crippen LogP contribution in [-0.4, -0.2) is 35.7 Å². The molecule has 8 heteroatoms. The molecule has 7 nitrogen and oxygen atoms in total. The molecule has 2 amide bonds. The van der Waals surface area contributed by atoms with Gasteiger partial charge in [0.1, 0.15) is 10.8 Å².